The number of aliphatic hydroxyl groups is 2. The summed E-state index contributed by atoms with van der Waals surface area (Å²) in [4.78, 5) is 12.1. The molecule has 0 unspecified atom stereocenters. The van der Waals surface area contributed by atoms with E-state index in [9.17, 15) is 15.0 Å². The Balaban J connectivity index is 2.15. The summed E-state index contributed by atoms with van der Waals surface area (Å²) >= 11 is 0. The number of hydrogen-bond donors (Lipinski definition) is 2. The summed E-state index contributed by atoms with van der Waals surface area (Å²) in [5, 5.41) is 22.6. The van der Waals surface area contributed by atoms with Crippen molar-refractivity contribution in [3.8, 4) is 0 Å². The number of carbonyl (C=O) groups is 1. The third kappa shape index (κ3) is 6.51. The number of unbranched alkanes of at least 4 members (excludes halogenated alkanes) is 1. The fraction of sp³-hybridized carbons (Fsp3) is 0.500. The van der Waals surface area contributed by atoms with Crippen LogP contribution in [-0.2, 0) is 14.0 Å². The van der Waals surface area contributed by atoms with E-state index in [1.54, 1.807) is 20.8 Å². The van der Waals surface area contributed by atoms with Crippen LogP contribution in [0.4, 0.5) is 0 Å². The maximum atomic E-state index is 12.1. The topological polar surface area (TPSA) is 76.0 Å². The van der Waals surface area contributed by atoms with E-state index in [1.807, 2.05) is 36.4 Å². The molecule has 2 aromatic rings. The molecule has 0 aliphatic carbocycles. The monoisotopic (exact) mass is 458 g/mol. The van der Waals surface area contributed by atoms with Crippen molar-refractivity contribution < 1.29 is 24.2 Å². The van der Waals surface area contributed by atoms with Crippen LogP contribution in [0, 0.1) is 0 Å². The highest BCUT2D eigenvalue weighted by Gasteiger charge is 2.50. The molecule has 0 heterocycles. The molecule has 0 spiro atoms. The zero-order chi connectivity index (χ0) is 24.0. The third-order valence-electron chi connectivity index (χ3n) is 5.38. The SMILES string of the molecule is CC(C)(C)OC(=O)C(O)(O)CCCCO[Si](c1ccccc1)(c1ccccc1)C(C)(C)C. The molecule has 0 saturated carbocycles. The zero-order valence-corrected chi connectivity index (χ0v) is 21.2. The minimum absolute atomic E-state index is 0.105. The highest BCUT2D eigenvalue weighted by Crippen LogP contribution is 2.36. The summed E-state index contributed by atoms with van der Waals surface area (Å²) in [6.07, 6.45) is 0.909. The minimum Gasteiger partial charge on any atom is -0.456 e. The summed E-state index contributed by atoms with van der Waals surface area (Å²) in [7, 11) is -2.62. The quantitative estimate of drug-likeness (QED) is 0.259. The molecule has 0 aliphatic rings. The van der Waals surface area contributed by atoms with Crippen LogP contribution in [0.5, 0.6) is 0 Å². The van der Waals surface area contributed by atoms with Gasteiger partial charge >= 0.3 is 5.97 Å². The average molecular weight is 459 g/mol. The van der Waals surface area contributed by atoms with Gasteiger partial charge in [0.15, 0.2) is 0 Å². The van der Waals surface area contributed by atoms with Gasteiger partial charge in [-0.25, -0.2) is 4.79 Å². The van der Waals surface area contributed by atoms with E-state index in [4.69, 9.17) is 9.16 Å². The van der Waals surface area contributed by atoms with Crippen molar-refractivity contribution >= 4 is 24.7 Å². The lowest BCUT2D eigenvalue weighted by atomic mass is 10.1. The molecule has 0 bridgehead atoms. The van der Waals surface area contributed by atoms with E-state index < -0.39 is 25.7 Å². The van der Waals surface area contributed by atoms with E-state index in [-0.39, 0.29) is 11.5 Å². The zero-order valence-electron chi connectivity index (χ0n) is 20.2. The minimum atomic E-state index is -2.62. The van der Waals surface area contributed by atoms with Crippen molar-refractivity contribution in [2.24, 2.45) is 0 Å². The van der Waals surface area contributed by atoms with Crippen LogP contribution >= 0.6 is 0 Å². The maximum absolute atomic E-state index is 12.1. The first-order valence-electron chi connectivity index (χ1n) is 11.2. The van der Waals surface area contributed by atoms with Gasteiger partial charge in [-0.15, -0.1) is 0 Å². The molecule has 5 nitrogen and oxygen atoms in total. The lowest BCUT2D eigenvalue weighted by Gasteiger charge is -2.43. The molecule has 0 aromatic heterocycles. The molecule has 0 amide bonds. The Labute approximate surface area is 193 Å². The van der Waals surface area contributed by atoms with Crippen LogP contribution in [0.3, 0.4) is 0 Å². The molecule has 0 aliphatic heterocycles. The van der Waals surface area contributed by atoms with Crippen LogP contribution in [0.2, 0.25) is 5.04 Å². The molecule has 0 atom stereocenters. The number of rotatable bonds is 9. The fourth-order valence-corrected chi connectivity index (χ4v) is 8.53. The largest absolute Gasteiger partial charge is 0.456 e. The van der Waals surface area contributed by atoms with Gasteiger partial charge in [-0.1, -0.05) is 81.4 Å². The molecule has 2 N–H and O–H groups in total. The number of ether oxygens (including phenoxy) is 1. The summed E-state index contributed by atoms with van der Waals surface area (Å²) in [5.74, 6) is -3.51. The molecule has 2 aromatic carbocycles. The molecular formula is C26H38O5Si. The van der Waals surface area contributed by atoms with Gasteiger partial charge < -0.3 is 19.4 Å². The standard InChI is InChI=1S/C26H38O5Si/c1-24(2,3)31-23(27)26(28,29)19-13-14-20-30-32(25(4,5)6,21-15-9-7-10-16-21)22-17-11-8-12-18-22/h7-12,15-18,28-29H,13-14,19-20H2,1-6H3. The molecule has 32 heavy (non-hydrogen) atoms. The number of benzene rings is 2. The van der Waals surface area contributed by atoms with Gasteiger partial charge in [-0.3, -0.25) is 0 Å². The lowest BCUT2D eigenvalue weighted by Crippen LogP contribution is -2.66. The van der Waals surface area contributed by atoms with Gasteiger partial charge in [-0.05, 0) is 49.0 Å². The van der Waals surface area contributed by atoms with Crippen molar-refractivity contribution in [2.45, 2.75) is 77.2 Å². The second-order valence-corrected chi connectivity index (χ2v) is 14.6. The Morgan fingerprint density at radius 1 is 0.812 bits per heavy atom. The van der Waals surface area contributed by atoms with Crippen LogP contribution in [-0.4, -0.2) is 42.5 Å². The molecule has 176 valence electrons. The summed E-state index contributed by atoms with van der Waals surface area (Å²) < 4.78 is 11.9. The first-order valence-corrected chi connectivity index (χ1v) is 13.1. The normalized spacial score (nSPS) is 13.1. The molecule has 6 heteroatoms. The molecule has 0 fully saturated rings. The Bertz CT molecular complexity index is 812. The molecule has 0 radical (unpaired) electrons. The van der Waals surface area contributed by atoms with Crippen LogP contribution in [0.15, 0.2) is 60.7 Å². The van der Waals surface area contributed by atoms with Gasteiger partial charge in [-0.2, -0.15) is 0 Å². The highest BCUT2D eigenvalue weighted by atomic mass is 28.4. The van der Waals surface area contributed by atoms with Crippen LogP contribution < -0.4 is 10.4 Å². The molecular weight excluding hydrogens is 420 g/mol. The van der Waals surface area contributed by atoms with E-state index in [2.05, 4.69) is 45.0 Å². The van der Waals surface area contributed by atoms with Crippen molar-refractivity contribution in [3.63, 3.8) is 0 Å². The maximum Gasteiger partial charge on any atom is 0.366 e. The Kier molecular flexibility index (Phi) is 8.45. The van der Waals surface area contributed by atoms with E-state index in [0.29, 0.717) is 19.4 Å². The lowest BCUT2D eigenvalue weighted by molar-refractivity contribution is -0.221. The van der Waals surface area contributed by atoms with Crippen molar-refractivity contribution in [1.29, 1.82) is 0 Å². The van der Waals surface area contributed by atoms with E-state index >= 15 is 0 Å². The van der Waals surface area contributed by atoms with Crippen LogP contribution in [0.1, 0.15) is 60.8 Å². The predicted molar refractivity (Wildman–Crippen MR) is 130 cm³/mol. The molecule has 0 saturated heterocycles. The first-order chi connectivity index (χ1) is 14.8. The van der Waals surface area contributed by atoms with Gasteiger partial charge in [0.05, 0.1) is 0 Å². The smallest absolute Gasteiger partial charge is 0.366 e. The predicted octanol–water partition coefficient (Wildman–Crippen LogP) is 3.76. The fourth-order valence-electron chi connectivity index (χ4n) is 3.92. The van der Waals surface area contributed by atoms with E-state index in [0.717, 1.165) is 0 Å². The second kappa shape index (κ2) is 10.3. The number of carbonyl (C=O) groups excluding carboxylic acids is 1. The third-order valence-corrected chi connectivity index (χ3v) is 10.4. The average Bonchev–Trinajstić information content (AvgIpc) is 2.70. The van der Waals surface area contributed by atoms with Gasteiger partial charge in [0.2, 0.25) is 0 Å². The molecule has 2 rings (SSSR count). The van der Waals surface area contributed by atoms with Crippen molar-refractivity contribution in [3.05, 3.63) is 60.7 Å². The van der Waals surface area contributed by atoms with Gasteiger partial charge in [0, 0.05) is 13.0 Å². The Morgan fingerprint density at radius 2 is 1.28 bits per heavy atom. The Hall–Kier alpha value is -1.99. The van der Waals surface area contributed by atoms with Gasteiger partial charge in [0.25, 0.3) is 14.1 Å². The summed E-state index contributed by atoms with van der Waals surface area (Å²) in [6.45, 7) is 12.2. The number of esters is 1. The summed E-state index contributed by atoms with van der Waals surface area (Å²) in [5.41, 5.74) is -0.778. The van der Waals surface area contributed by atoms with Crippen LogP contribution in [0.25, 0.3) is 0 Å². The second-order valence-electron chi connectivity index (χ2n) is 10.3. The summed E-state index contributed by atoms with van der Waals surface area (Å²) in [6, 6.07) is 20.7. The Morgan fingerprint density at radius 3 is 1.69 bits per heavy atom. The number of hydrogen-bond acceptors (Lipinski definition) is 5. The first kappa shape index (κ1) is 26.3. The van der Waals surface area contributed by atoms with E-state index in [1.165, 1.54) is 10.4 Å². The highest BCUT2D eigenvalue weighted by molar-refractivity contribution is 6.99. The van der Waals surface area contributed by atoms with Crippen molar-refractivity contribution in [2.75, 3.05) is 6.61 Å². The van der Waals surface area contributed by atoms with Gasteiger partial charge in [0.1, 0.15) is 5.60 Å². The van der Waals surface area contributed by atoms with Crippen molar-refractivity contribution in [1.82, 2.24) is 0 Å².